The van der Waals surface area contributed by atoms with Gasteiger partial charge in [0.1, 0.15) is 12.1 Å². The van der Waals surface area contributed by atoms with Gasteiger partial charge in [0.25, 0.3) is 0 Å². The Balaban J connectivity index is 2.23. The minimum absolute atomic E-state index is 0.288. The minimum atomic E-state index is -4.37. The van der Waals surface area contributed by atoms with E-state index in [-0.39, 0.29) is 5.69 Å². The van der Waals surface area contributed by atoms with Crippen molar-refractivity contribution in [1.29, 1.82) is 0 Å². The molecular weight excluding hydrogens is 259 g/mol. The average molecular weight is 269 g/mol. The van der Waals surface area contributed by atoms with E-state index in [2.05, 4.69) is 15.3 Å². The highest BCUT2D eigenvalue weighted by atomic mass is 19.4. The molecule has 0 amide bonds. The van der Waals surface area contributed by atoms with E-state index >= 15 is 0 Å². The maximum absolute atomic E-state index is 12.6. The van der Waals surface area contributed by atoms with Crippen molar-refractivity contribution >= 4 is 11.5 Å². The Labute approximate surface area is 107 Å². The quantitative estimate of drug-likeness (QED) is 0.929. The van der Waals surface area contributed by atoms with Gasteiger partial charge in [-0.2, -0.15) is 13.2 Å². The number of halogens is 3. The van der Waals surface area contributed by atoms with E-state index in [1.54, 1.807) is 0 Å². The van der Waals surface area contributed by atoms with Crippen molar-refractivity contribution in [3.63, 3.8) is 0 Å². The molecule has 0 aliphatic rings. The zero-order valence-electron chi connectivity index (χ0n) is 9.90. The van der Waals surface area contributed by atoms with Gasteiger partial charge in [-0.05, 0) is 18.2 Å². The SMILES string of the molecule is COc1cc(Nc2cccc(C(F)(F)F)c2)ncn1. The van der Waals surface area contributed by atoms with Crippen molar-refractivity contribution in [2.45, 2.75) is 6.18 Å². The third-order valence-corrected chi connectivity index (χ3v) is 2.31. The van der Waals surface area contributed by atoms with Crippen LogP contribution in [0.1, 0.15) is 5.56 Å². The fourth-order valence-electron chi connectivity index (χ4n) is 1.44. The standard InChI is InChI=1S/C12H10F3N3O/c1-19-11-6-10(16-7-17-11)18-9-4-2-3-8(5-9)12(13,14)15/h2-7H,1H3,(H,16,17,18). The summed E-state index contributed by atoms with van der Waals surface area (Å²) in [5, 5.41) is 2.76. The van der Waals surface area contributed by atoms with Crippen LogP contribution in [0.15, 0.2) is 36.7 Å². The molecule has 0 bridgehead atoms. The lowest BCUT2D eigenvalue weighted by atomic mass is 10.2. The predicted octanol–water partition coefficient (Wildman–Crippen LogP) is 3.25. The Kier molecular flexibility index (Phi) is 3.55. The maximum atomic E-state index is 12.6. The smallest absolute Gasteiger partial charge is 0.416 e. The van der Waals surface area contributed by atoms with Gasteiger partial charge in [0.15, 0.2) is 0 Å². The molecule has 0 spiro atoms. The van der Waals surface area contributed by atoms with E-state index in [0.717, 1.165) is 12.1 Å². The van der Waals surface area contributed by atoms with E-state index in [4.69, 9.17) is 4.74 Å². The molecule has 0 aliphatic heterocycles. The van der Waals surface area contributed by atoms with E-state index in [0.29, 0.717) is 11.7 Å². The topological polar surface area (TPSA) is 47.0 Å². The summed E-state index contributed by atoms with van der Waals surface area (Å²) < 4.78 is 42.6. The lowest BCUT2D eigenvalue weighted by Gasteiger charge is -2.10. The zero-order chi connectivity index (χ0) is 13.9. The normalized spacial score (nSPS) is 11.2. The van der Waals surface area contributed by atoms with Gasteiger partial charge in [-0.1, -0.05) is 6.07 Å². The number of rotatable bonds is 3. The predicted molar refractivity (Wildman–Crippen MR) is 63.3 cm³/mol. The number of hydrogen-bond acceptors (Lipinski definition) is 4. The fourth-order valence-corrected chi connectivity index (χ4v) is 1.44. The van der Waals surface area contributed by atoms with Gasteiger partial charge in [0.05, 0.1) is 12.7 Å². The zero-order valence-corrected chi connectivity index (χ0v) is 9.90. The third kappa shape index (κ3) is 3.34. The van der Waals surface area contributed by atoms with Crippen LogP contribution in [0.4, 0.5) is 24.7 Å². The van der Waals surface area contributed by atoms with Gasteiger partial charge in [-0.25, -0.2) is 9.97 Å². The molecule has 0 unspecified atom stereocenters. The largest absolute Gasteiger partial charge is 0.481 e. The molecule has 0 saturated heterocycles. The Morgan fingerprint density at radius 1 is 1.16 bits per heavy atom. The number of nitrogens with zero attached hydrogens (tertiary/aromatic N) is 2. The molecule has 0 fully saturated rings. The second kappa shape index (κ2) is 5.13. The summed E-state index contributed by atoms with van der Waals surface area (Å²) in [7, 11) is 1.44. The van der Waals surface area contributed by atoms with Crippen molar-refractivity contribution in [3.05, 3.63) is 42.2 Å². The number of benzene rings is 1. The molecule has 19 heavy (non-hydrogen) atoms. The number of aromatic nitrogens is 2. The van der Waals surface area contributed by atoms with Crippen molar-refractivity contribution in [2.24, 2.45) is 0 Å². The van der Waals surface area contributed by atoms with Crippen LogP contribution in [0.3, 0.4) is 0 Å². The molecule has 4 nitrogen and oxygen atoms in total. The van der Waals surface area contributed by atoms with E-state index in [9.17, 15) is 13.2 Å². The van der Waals surface area contributed by atoms with Crippen molar-refractivity contribution in [3.8, 4) is 5.88 Å². The van der Waals surface area contributed by atoms with Crippen LogP contribution in [-0.2, 0) is 6.18 Å². The molecule has 1 N–H and O–H groups in total. The number of methoxy groups -OCH3 is 1. The molecule has 0 atom stereocenters. The van der Waals surface area contributed by atoms with Crippen LogP contribution < -0.4 is 10.1 Å². The van der Waals surface area contributed by atoms with Gasteiger partial charge >= 0.3 is 6.18 Å². The number of alkyl halides is 3. The van der Waals surface area contributed by atoms with Gasteiger partial charge in [-0.15, -0.1) is 0 Å². The lowest BCUT2D eigenvalue weighted by Crippen LogP contribution is -2.05. The second-order valence-electron chi connectivity index (χ2n) is 3.65. The number of anilines is 2. The van der Waals surface area contributed by atoms with E-state index < -0.39 is 11.7 Å². The summed E-state index contributed by atoms with van der Waals surface area (Å²) in [6.07, 6.45) is -3.12. The van der Waals surface area contributed by atoms with Crippen LogP contribution in [0.2, 0.25) is 0 Å². The molecular formula is C12H10F3N3O. The Morgan fingerprint density at radius 2 is 1.95 bits per heavy atom. The molecule has 2 aromatic rings. The molecule has 1 heterocycles. The van der Waals surface area contributed by atoms with Crippen molar-refractivity contribution < 1.29 is 17.9 Å². The average Bonchev–Trinajstić information content (AvgIpc) is 2.38. The third-order valence-electron chi connectivity index (χ3n) is 2.31. The van der Waals surface area contributed by atoms with Gasteiger partial charge in [-0.3, -0.25) is 0 Å². The molecule has 0 saturated carbocycles. The first-order chi connectivity index (χ1) is 8.99. The highest BCUT2D eigenvalue weighted by molar-refractivity contribution is 5.57. The summed E-state index contributed by atoms with van der Waals surface area (Å²) in [5.41, 5.74) is -0.436. The maximum Gasteiger partial charge on any atom is 0.416 e. The second-order valence-corrected chi connectivity index (χ2v) is 3.65. The summed E-state index contributed by atoms with van der Waals surface area (Å²) in [6.45, 7) is 0. The van der Waals surface area contributed by atoms with Crippen LogP contribution in [-0.4, -0.2) is 17.1 Å². The monoisotopic (exact) mass is 269 g/mol. The Morgan fingerprint density at radius 3 is 2.63 bits per heavy atom. The number of hydrogen-bond donors (Lipinski definition) is 1. The number of ether oxygens (including phenoxy) is 1. The van der Waals surface area contributed by atoms with Crippen molar-refractivity contribution in [2.75, 3.05) is 12.4 Å². The molecule has 2 rings (SSSR count). The minimum Gasteiger partial charge on any atom is -0.481 e. The highest BCUT2D eigenvalue weighted by Crippen LogP contribution is 2.31. The summed E-state index contributed by atoms with van der Waals surface area (Å²) in [5.74, 6) is 0.677. The summed E-state index contributed by atoms with van der Waals surface area (Å²) in [6, 6.07) is 6.34. The van der Waals surface area contributed by atoms with Gasteiger partial charge in [0.2, 0.25) is 5.88 Å². The van der Waals surface area contributed by atoms with Gasteiger partial charge in [0, 0.05) is 11.8 Å². The van der Waals surface area contributed by atoms with E-state index in [1.807, 2.05) is 0 Å². The molecule has 7 heteroatoms. The molecule has 0 radical (unpaired) electrons. The molecule has 0 aliphatic carbocycles. The molecule has 1 aromatic carbocycles. The highest BCUT2D eigenvalue weighted by Gasteiger charge is 2.30. The summed E-state index contributed by atoms with van der Waals surface area (Å²) in [4.78, 5) is 7.69. The summed E-state index contributed by atoms with van der Waals surface area (Å²) >= 11 is 0. The first-order valence-corrected chi connectivity index (χ1v) is 5.29. The van der Waals surface area contributed by atoms with Crippen molar-refractivity contribution in [1.82, 2.24) is 9.97 Å². The van der Waals surface area contributed by atoms with Crippen LogP contribution in [0, 0.1) is 0 Å². The van der Waals surface area contributed by atoms with Crippen LogP contribution in [0.5, 0.6) is 5.88 Å². The first-order valence-electron chi connectivity index (χ1n) is 5.29. The van der Waals surface area contributed by atoms with Gasteiger partial charge < -0.3 is 10.1 Å². The first kappa shape index (κ1) is 13.1. The Bertz CT molecular complexity index is 572. The number of nitrogens with one attached hydrogen (secondary N) is 1. The Hall–Kier alpha value is -2.31. The van der Waals surface area contributed by atoms with E-state index in [1.165, 1.54) is 31.6 Å². The fraction of sp³-hybridized carbons (Fsp3) is 0.167. The van der Waals surface area contributed by atoms with Crippen LogP contribution >= 0.6 is 0 Å². The van der Waals surface area contributed by atoms with Crippen LogP contribution in [0.25, 0.3) is 0 Å². The lowest BCUT2D eigenvalue weighted by molar-refractivity contribution is -0.137. The molecule has 1 aromatic heterocycles. The molecule has 100 valence electrons.